The van der Waals surface area contributed by atoms with Gasteiger partial charge in [0.1, 0.15) is 11.3 Å². The molecule has 3 aromatic heterocycles. The van der Waals surface area contributed by atoms with Crippen molar-refractivity contribution in [2.45, 2.75) is 20.3 Å². The summed E-state index contributed by atoms with van der Waals surface area (Å²) < 4.78 is 12.9. The van der Waals surface area contributed by atoms with Crippen molar-refractivity contribution in [2.24, 2.45) is 12.5 Å². The van der Waals surface area contributed by atoms with E-state index in [4.69, 9.17) is 19.4 Å². The predicted molar refractivity (Wildman–Crippen MR) is 130 cm³/mol. The van der Waals surface area contributed by atoms with Gasteiger partial charge in [-0.3, -0.25) is 0 Å². The molecule has 1 aromatic carbocycles. The summed E-state index contributed by atoms with van der Waals surface area (Å²) >= 11 is 0. The third-order valence-corrected chi connectivity index (χ3v) is 6.14. The second-order valence-electron chi connectivity index (χ2n) is 8.99. The summed E-state index contributed by atoms with van der Waals surface area (Å²) in [5.74, 6) is 1.88. The lowest BCUT2D eigenvalue weighted by Crippen LogP contribution is -2.27. The molecule has 176 valence electrons. The van der Waals surface area contributed by atoms with Gasteiger partial charge in [-0.05, 0) is 31.5 Å². The molecule has 10 nitrogen and oxygen atoms in total. The van der Waals surface area contributed by atoms with Gasteiger partial charge in [0.2, 0.25) is 5.95 Å². The van der Waals surface area contributed by atoms with Gasteiger partial charge in [-0.2, -0.15) is 0 Å². The molecule has 5 rings (SSSR count). The second kappa shape index (κ2) is 8.86. The van der Waals surface area contributed by atoms with Gasteiger partial charge in [0.25, 0.3) is 0 Å². The lowest BCUT2D eigenvalue weighted by atomic mass is 9.90. The van der Waals surface area contributed by atoms with Crippen molar-refractivity contribution in [3.8, 4) is 17.0 Å². The SMILES string of the molecule is COc1cc(-c2cnnn2C)ccc1Nc1ncc2cc(C)nc(NCC3(C)CCOC3)c2n1. The molecule has 1 saturated heterocycles. The fourth-order valence-corrected chi connectivity index (χ4v) is 4.13. The third kappa shape index (κ3) is 4.36. The Kier molecular flexibility index (Phi) is 5.74. The molecule has 0 spiro atoms. The number of ether oxygens (including phenoxy) is 2. The van der Waals surface area contributed by atoms with Crippen molar-refractivity contribution in [1.29, 1.82) is 0 Å². The summed E-state index contributed by atoms with van der Waals surface area (Å²) in [6.07, 6.45) is 4.55. The van der Waals surface area contributed by atoms with E-state index >= 15 is 0 Å². The maximum absolute atomic E-state index is 5.63. The van der Waals surface area contributed by atoms with E-state index in [9.17, 15) is 0 Å². The molecule has 4 aromatic rings. The van der Waals surface area contributed by atoms with Gasteiger partial charge in [0, 0.05) is 48.5 Å². The Balaban J connectivity index is 1.44. The number of benzene rings is 1. The van der Waals surface area contributed by atoms with E-state index < -0.39 is 0 Å². The molecule has 1 atom stereocenters. The number of aryl methyl sites for hydroxylation is 2. The Bertz CT molecular complexity index is 1330. The van der Waals surface area contributed by atoms with Gasteiger partial charge in [-0.25, -0.2) is 19.6 Å². The molecule has 1 aliphatic heterocycles. The first-order chi connectivity index (χ1) is 16.4. The van der Waals surface area contributed by atoms with Gasteiger partial charge in [-0.1, -0.05) is 18.2 Å². The van der Waals surface area contributed by atoms with Crippen LogP contribution in [-0.2, 0) is 11.8 Å². The van der Waals surface area contributed by atoms with Crippen LogP contribution in [0.1, 0.15) is 19.0 Å². The van der Waals surface area contributed by atoms with Gasteiger partial charge >= 0.3 is 0 Å². The predicted octanol–water partition coefficient (Wildman–Crippen LogP) is 3.72. The minimum Gasteiger partial charge on any atom is -0.495 e. The lowest BCUT2D eigenvalue weighted by Gasteiger charge is -2.22. The molecule has 0 amide bonds. The Labute approximate surface area is 197 Å². The number of pyridine rings is 1. The van der Waals surface area contributed by atoms with E-state index in [0.29, 0.717) is 11.7 Å². The fraction of sp³-hybridized carbons (Fsp3) is 0.375. The molecule has 10 heteroatoms. The van der Waals surface area contributed by atoms with Gasteiger partial charge in [0.15, 0.2) is 5.82 Å². The number of methoxy groups -OCH3 is 1. The maximum atomic E-state index is 5.63. The number of anilines is 3. The molecule has 0 saturated carbocycles. The molecule has 1 aliphatic rings. The van der Waals surface area contributed by atoms with E-state index in [-0.39, 0.29) is 5.41 Å². The molecule has 0 bridgehead atoms. The van der Waals surface area contributed by atoms with Crippen LogP contribution in [-0.4, -0.2) is 56.8 Å². The van der Waals surface area contributed by atoms with E-state index in [0.717, 1.165) is 65.5 Å². The van der Waals surface area contributed by atoms with Crippen molar-refractivity contribution in [3.05, 3.63) is 42.4 Å². The molecule has 0 aliphatic carbocycles. The van der Waals surface area contributed by atoms with Crippen LogP contribution in [0.3, 0.4) is 0 Å². The highest BCUT2D eigenvalue weighted by Gasteiger charge is 2.29. The summed E-state index contributed by atoms with van der Waals surface area (Å²) in [5, 5.41) is 15.7. The molecule has 2 N–H and O–H groups in total. The minimum atomic E-state index is 0.0877. The van der Waals surface area contributed by atoms with Crippen LogP contribution in [0.25, 0.3) is 22.2 Å². The highest BCUT2D eigenvalue weighted by atomic mass is 16.5. The molecule has 4 heterocycles. The van der Waals surface area contributed by atoms with Gasteiger partial charge in [-0.15, -0.1) is 5.10 Å². The van der Waals surface area contributed by atoms with Crippen LogP contribution in [0.2, 0.25) is 0 Å². The highest BCUT2D eigenvalue weighted by Crippen LogP contribution is 2.33. The largest absolute Gasteiger partial charge is 0.495 e. The lowest BCUT2D eigenvalue weighted by molar-refractivity contribution is 0.164. The van der Waals surface area contributed by atoms with Crippen molar-refractivity contribution in [1.82, 2.24) is 29.9 Å². The Morgan fingerprint density at radius 2 is 2.09 bits per heavy atom. The van der Waals surface area contributed by atoms with E-state index in [1.807, 2.05) is 44.4 Å². The summed E-state index contributed by atoms with van der Waals surface area (Å²) in [4.78, 5) is 14.0. The van der Waals surface area contributed by atoms with Crippen LogP contribution in [0.5, 0.6) is 5.75 Å². The fourth-order valence-electron chi connectivity index (χ4n) is 4.13. The standard InChI is InChI=1S/C24H28N8O2/c1-15-9-17-11-25-23(30-21(17)22(28-15)26-13-24(2)7-8-34-14-24)29-18-6-5-16(10-20(18)33-4)19-12-27-31-32(19)3/h5-6,9-12H,7-8,13-14H2,1-4H3,(H,26,28)(H,25,29,30). The van der Waals surface area contributed by atoms with Crippen LogP contribution in [0.15, 0.2) is 36.7 Å². The molecule has 0 radical (unpaired) electrons. The zero-order chi connectivity index (χ0) is 23.7. The van der Waals surface area contributed by atoms with Crippen molar-refractivity contribution in [2.75, 3.05) is 37.5 Å². The van der Waals surface area contributed by atoms with Gasteiger partial charge in [0.05, 0.1) is 31.3 Å². The monoisotopic (exact) mass is 460 g/mol. The average Bonchev–Trinajstić information content (AvgIpc) is 3.46. The molecule has 1 fully saturated rings. The molecule has 1 unspecified atom stereocenters. The van der Waals surface area contributed by atoms with Crippen LogP contribution in [0.4, 0.5) is 17.5 Å². The summed E-state index contributed by atoms with van der Waals surface area (Å²) in [6, 6.07) is 7.83. The molecule has 34 heavy (non-hydrogen) atoms. The zero-order valence-electron chi connectivity index (χ0n) is 19.8. The van der Waals surface area contributed by atoms with Crippen LogP contribution < -0.4 is 15.4 Å². The Hall–Kier alpha value is -3.79. The number of hydrogen-bond acceptors (Lipinski definition) is 9. The third-order valence-electron chi connectivity index (χ3n) is 6.14. The Morgan fingerprint density at radius 1 is 1.21 bits per heavy atom. The minimum absolute atomic E-state index is 0.0877. The highest BCUT2D eigenvalue weighted by molar-refractivity contribution is 5.89. The number of aromatic nitrogens is 6. The summed E-state index contributed by atoms with van der Waals surface area (Å²) in [7, 11) is 3.49. The molecular formula is C24H28N8O2. The zero-order valence-corrected chi connectivity index (χ0v) is 19.8. The maximum Gasteiger partial charge on any atom is 0.227 e. The number of hydrogen-bond donors (Lipinski definition) is 2. The topological polar surface area (TPSA) is 112 Å². The van der Waals surface area contributed by atoms with E-state index in [2.05, 4.69) is 32.9 Å². The average molecular weight is 461 g/mol. The first-order valence-corrected chi connectivity index (χ1v) is 11.2. The first kappa shape index (κ1) is 22.0. The summed E-state index contributed by atoms with van der Waals surface area (Å²) in [5.41, 5.74) is 4.36. The summed E-state index contributed by atoms with van der Waals surface area (Å²) in [6.45, 7) is 6.51. The Morgan fingerprint density at radius 3 is 2.82 bits per heavy atom. The van der Waals surface area contributed by atoms with Crippen molar-refractivity contribution < 1.29 is 9.47 Å². The normalized spacial score (nSPS) is 17.8. The van der Waals surface area contributed by atoms with E-state index in [1.165, 1.54) is 0 Å². The quantitative estimate of drug-likeness (QED) is 0.426. The van der Waals surface area contributed by atoms with Crippen molar-refractivity contribution >= 4 is 28.4 Å². The second-order valence-corrected chi connectivity index (χ2v) is 8.99. The number of nitrogens with zero attached hydrogens (tertiary/aromatic N) is 6. The number of nitrogens with one attached hydrogen (secondary N) is 2. The first-order valence-electron chi connectivity index (χ1n) is 11.2. The van der Waals surface area contributed by atoms with E-state index in [1.54, 1.807) is 18.0 Å². The number of rotatable bonds is 7. The van der Waals surface area contributed by atoms with Crippen LogP contribution >= 0.6 is 0 Å². The van der Waals surface area contributed by atoms with Crippen molar-refractivity contribution in [3.63, 3.8) is 0 Å². The molecular weight excluding hydrogens is 432 g/mol. The van der Waals surface area contributed by atoms with Crippen LogP contribution in [0, 0.1) is 12.3 Å². The van der Waals surface area contributed by atoms with Gasteiger partial charge < -0.3 is 20.1 Å². The smallest absolute Gasteiger partial charge is 0.227 e. The number of fused-ring (bicyclic) bond motifs is 1.